The van der Waals surface area contributed by atoms with Gasteiger partial charge in [0.05, 0.1) is 6.54 Å². The fourth-order valence-corrected chi connectivity index (χ4v) is 2.43. The summed E-state index contributed by atoms with van der Waals surface area (Å²) in [6.07, 6.45) is 5.39. The molecule has 0 aliphatic rings. The Balaban J connectivity index is 2.46. The van der Waals surface area contributed by atoms with E-state index >= 15 is 0 Å². The summed E-state index contributed by atoms with van der Waals surface area (Å²) in [4.78, 5) is 23.8. The molecule has 0 saturated heterocycles. The predicted octanol–water partition coefficient (Wildman–Crippen LogP) is 3.67. The van der Waals surface area contributed by atoms with Crippen LogP contribution in [-0.2, 0) is 11.3 Å². The second-order valence-electron chi connectivity index (χ2n) is 5.32. The number of rotatable bonds is 5. The normalized spacial score (nSPS) is 10.9. The van der Waals surface area contributed by atoms with E-state index in [0.717, 1.165) is 0 Å². The molecule has 1 amide bonds. The first-order valence-electron chi connectivity index (χ1n) is 7.12. The summed E-state index contributed by atoms with van der Waals surface area (Å²) in [6, 6.07) is 6.75. The molecule has 0 N–H and O–H groups in total. The molecule has 0 atom stereocenters. The number of benzene rings is 1. The number of carbonyl (C=O) groups is 1. The Bertz CT molecular complexity index is 830. The molecule has 2 rings (SSSR count). The van der Waals surface area contributed by atoms with Crippen LogP contribution in [0.25, 0.3) is 0 Å². The fourth-order valence-electron chi connectivity index (χ4n) is 2.19. The summed E-state index contributed by atoms with van der Waals surface area (Å²) in [5, 5.41) is 0. The molecular formula is C17H15Cl2NO4. The van der Waals surface area contributed by atoms with Crippen molar-refractivity contribution >= 4 is 34.8 Å². The van der Waals surface area contributed by atoms with Gasteiger partial charge in [-0.15, -0.1) is 6.42 Å². The van der Waals surface area contributed by atoms with Crippen LogP contribution in [0.3, 0.4) is 0 Å². The Morgan fingerprint density at radius 1 is 1.33 bits per heavy atom. The Kier molecular flexibility index (Phi) is 5.76. The third-order valence-corrected chi connectivity index (χ3v) is 3.65. The molecule has 7 heteroatoms. The highest BCUT2D eigenvalue weighted by Crippen LogP contribution is 2.25. The van der Waals surface area contributed by atoms with E-state index in [4.69, 9.17) is 38.5 Å². The Morgan fingerprint density at radius 3 is 2.62 bits per heavy atom. The zero-order valence-electron chi connectivity index (χ0n) is 13.1. The van der Waals surface area contributed by atoms with Gasteiger partial charge in [-0.3, -0.25) is 4.79 Å². The van der Waals surface area contributed by atoms with Crippen LogP contribution in [-0.4, -0.2) is 10.7 Å². The van der Waals surface area contributed by atoms with Crippen LogP contribution >= 0.6 is 23.2 Å². The van der Waals surface area contributed by atoms with Crippen molar-refractivity contribution in [3.05, 3.63) is 52.0 Å². The number of amides is 1. The van der Waals surface area contributed by atoms with E-state index in [1.54, 1.807) is 24.3 Å². The number of hydrogen-bond donors (Lipinski definition) is 0. The first-order chi connectivity index (χ1) is 11.3. The zero-order chi connectivity index (χ0) is 17.9. The van der Waals surface area contributed by atoms with Crippen molar-refractivity contribution in [2.45, 2.75) is 31.1 Å². The first-order valence-corrected chi connectivity index (χ1v) is 7.99. The van der Waals surface area contributed by atoms with Gasteiger partial charge in [0.1, 0.15) is 0 Å². The van der Waals surface area contributed by atoms with Crippen LogP contribution in [0.2, 0.25) is 0 Å². The lowest BCUT2D eigenvalue weighted by Crippen LogP contribution is -2.34. The van der Waals surface area contributed by atoms with E-state index in [0.29, 0.717) is 17.0 Å². The average Bonchev–Trinajstić information content (AvgIpc) is 2.92. The van der Waals surface area contributed by atoms with Gasteiger partial charge in [-0.05, 0) is 18.2 Å². The van der Waals surface area contributed by atoms with E-state index in [2.05, 4.69) is 5.92 Å². The number of hydrogen-bond acceptors (Lipinski definition) is 4. The highest BCUT2D eigenvalue weighted by molar-refractivity contribution is 6.54. The minimum absolute atomic E-state index is 0.0535. The van der Waals surface area contributed by atoms with Crippen molar-refractivity contribution in [1.29, 1.82) is 0 Å². The SMILES string of the molecule is C#Cc1cccc(N(Cc2oc(=O)oc2C(C)C)C(=O)C(Cl)Cl)c1. The molecule has 0 aliphatic carbocycles. The molecule has 1 heterocycles. The van der Waals surface area contributed by atoms with Crippen molar-refractivity contribution in [3.63, 3.8) is 0 Å². The molecule has 1 aromatic heterocycles. The lowest BCUT2D eigenvalue weighted by atomic mass is 10.1. The molecule has 0 unspecified atom stereocenters. The minimum Gasteiger partial charge on any atom is -0.395 e. The number of terminal acetylenes is 1. The Labute approximate surface area is 149 Å². The summed E-state index contributed by atoms with van der Waals surface area (Å²) < 4.78 is 10.1. The third-order valence-electron chi connectivity index (χ3n) is 3.28. The van der Waals surface area contributed by atoms with E-state index < -0.39 is 16.6 Å². The maximum Gasteiger partial charge on any atom is 0.519 e. The van der Waals surface area contributed by atoms with Crippen LogP contribution in [0.5, 0.6) is 0 Å². The molecule has 0 aliphatic heterocycles. The number of halogens is 2. The molecule has 0 spiro atoms. The number of anilines is 1. The molecule has 0 bridgehead atoms. The van der Waals surface area contributed by atoms with Gasteiger partial charge in [0, 0.05) is 17.2 Å². The quantitative estimate of drug-likeness (QED) is 0.597. The van der Waals surface area contributed by atoms with Gasteiger partial charge in [0.15, 0.2) is 16.4 Å². The molecule has 126 valence electrons. The lowest BCUT2D eigenvalue weighted by Gasteiger charge is -2.23. The topological polar surface area (TPSA) is 63.7 Å². The second kappa shape index (κ2) is 7.61. The molecule has 2 aromatic rings. The molecular weight excluding hydrogens is 353 g/mol. The summed E-state index contributed by atoms with van der Waals surface area (Å²) in [5.41, 5.74) is 1.07. The van der Waals surface area contributed by atoms with Gasteiger partial charge in [-0.2, -0.15) is 0 Å². The predicted molar refractivity (Wildman–Crippen MR) is 92.4 cm³/mol. The molecule has 0 radical (unpaired) electrons. The van der Waals surface area contributed by atoms with Crippen LogP contribution in [0.1, 0.15) is 36.8 Å². The Morgan fingerprint density at radius 2 is 2.04 bits per heavy atom. The van der Waals surface area contributed by atoms with Gasteiger partial charge in [-0.1, -0.05) is 49.0 Å². The van der Waals surface area contributed by atoms with Crippen LogP contribution < -0.4 is 10.7 Å². The lowest BCUT2D eigenvalue weighted by molar-refractivity contribution is -0.117. The zero-order valence-corrected chi connectivity index (χ0v) is 14.6. The van der Waals surface area contributed by atoms with E-state index in [-0.39, 0.29) is 18.2 Å². The molecule has 0 saturated carbocycles. The molecule has 24 heavy (non-hydrogen) atoms. The van der Waals surface area contributed by atoms with Gasteiger partial charge < -0.3 is 13.7 Å². The summed E-state index contributed by atoms with van der Waals surface area (Å²) in [6.45, 7) is 3.63. The molecule has 0 fully saturated rings. The van der Waals surface area contributed by atoms with Crippen LogP contribution in [0.15, 0.2) is 37.9 Å². The van der Waals surface area contributed by atoms with Crippen molar-refractivity contribution in [3.8, 4) is 12.3 Å². The smallest absolute Gasteiger partial charge is 0.395 e. The van der Waals surface area contributed by atoms with E-state index in [1.807, 2.05) is 13.8 Å². The highest BCUT2D eigenvalue weighted by Gasteiger charge is 2.26. The number of carbonyl (C=O) groups excluding carboxylic acids is 1. The Hall–Kier alpha value is -2.16. The summed E-state index contributed by atoms with van der Waals surface area (Å²) >= 11 is 11.5. The maximum absolute atomic E-state index is 12.4. The second-order valence-corrected chi connectivity index (χ2v) is 6.41. The summed E-state index contributed by atoms with van der Waals surface area (Å²) in [7, 11) is 0. The monoisotopic (exact) mass is 367 g/mol. The largest absolute Gasteiger partial charge is 0.519 e. The van der Waals surface area contributed by atoms with Crippen molar-refractivity contribution < 1.29 is 13.6 Å². The van der Waals surface area contributed by atoms with Gasteiger partial charge >= 0.3 is 5.82 Å². The van der Waals surface area contributed by atoms with E-state index in [9.17, 15) is 9.59 Å². The number of nitrogens with zero attached hydrogens (tertiary/aromatic N) is 1. The standard InChI is InChI=1S/C17H15Cl2NO4/c1-4-11-6-5-7-12(8-11)20(16(21)15(18)19)9-13-14(10(2)3)24-17(22)23-13/h1,5-8,10,15H,9H2,2-3H3. The van der Waals surface area contributed by atoms with Crippen LogP contribution in [0, 0.1) is 12.3 Å². The van der Waals surface area contributed by atoms with Crippen molar-refractivity contribution in [2.24, 2.45) is 0 Å². The fraction of sp³-hybridized carbons (Fsp3) is 0.294. The molecule has 1 aromatic carbocycles. The van der Waals surface area contributed by atoms with Crippen molar-refractivity contribution in [1.82, 2.24) is 0 Å². The average molecular weight is 368 g/mol. The first kappa shape index (κ1) is 18.2. The maximum atomic E-state index is 12.4. The minimum atomic E-state index is -1.28. The third kappa shape index (κ3) is 4.02. The van der Waals surface area contributed by atoms with E-state index in [1.165, 1.54) is 4.90 Å². The summed E-state index contributed by atoms with van der Waals surface area (Å²) in [5.74, 6) is 1.61. The van der Waals surface area contributed by atoms with Gasteiger partial charge in [-0.25, -0.2) is 4.79 Å². The highest BCUT2D eigenvalue weighted by atomic mass is 35.5. The van der Waals surface area contributed by atoms with Gasteiger partial charge in [0.2, 0.25) is 0 Å². The number of alkyl halides is 2. The van der Waals surface area contributed by atoms with Crippen LogP contribution in [0.4, 0.5) is 5.69 Å². The van der Waals surface area contributed by atoms with Crippen molar-refractivity contribution in [2.75, 3.05) is 4.90 Å². The molecule has 5 nitrogen and oxygen atoms in total. The van der Waals surface area contributed by atoms with Gasteiger partial charge in [0.25, 0.3) is 5.91 Å².